The third-order valence-corrected chi connectivity index (χ3v) is 3.54. The first-order valence-corrected chi connectivity index (χ1v) is 6.35. The van der Waals surface area contributed by atoms with Gasteiger partial charge in [-0.25, -0.2) is 0 Å². The molecule has 0 saturated carbocycles. The highest BCUT2D eigenvalue weighted by atomic mass is 16.2. The van der Waals surface area contributed by atoms with Gasteiger partial charge in [-0.2, -0.15) is 0 Å². The van der Waals surface area contributed by atoms with Gasteiger partial charge in [-0.05, 0) is 30.8 Å². The molecule has 2 heterocycles. The lowest BCUT2D eigenvalue weighted by molar-refractivity contribution is -0.122. The molecule has 0 bridgehead atoms. The summed E-state index contributed by atoms with van der Waals surface area (Å²) in [6, 6.07) is 0. The van der Waals surface area contributed by atoms with E-state index in [2.05, 4.69) is 29.4 Å². The van der Waals surface area contributed by atoms with Gasteiger partial charge in [0, 0.05) is 19.6 Å². The van der Waals surface area contributed by atoms with Crippen LogP contribution in [0.15, 0.2) is 0 Å². The van der Waals surface area contributed by atoms with E-state index in [-0.39, 0.29) is 5.91 Å². The van der Waals surface area contributed by atoms with E-state index in [4.69, 9.17) is 0 Å². The van der Waals surface area contributed by atoms with Crippen LogP contribution in [0.3, 0.4) is 0 Å². The molecule has 2 aliphatic heterocycles. The highest BCUT2D eigenvalue weighted by Gasteiger charge is 2.36. The minimum atomic E-state index is 0.182. The molecule has 2 fully saturated rings. The predicted molar refractivity (Wildman–Crippen MR) is 64.1 cm³/mol. The van der Waals surface area contributed by atoms with Crippen molar-refractivity contribution >= 4 is 5.91 Å². The fourth-order valence-corrected chi connectivity index (χ4v) is 2.66. The maximum absolute atomic E-state index is 11.7. The van der Waals surface area contributed by atoms with Crippen LogP contribution in [0.2, 0.25) is 0 Å². The Bertz CT molecular complexity index is 243. The second-order valence-electron chi connectivity index (χ2n) is 5.57. The Hall–Kier alpha value is -0.610. The van der Waals surface area contributed by atoms with Gasteiger partial charge in [0.15, 0.2) is 0 Å². The topological polar surface area (TPSA) is 44.4 Å². The van der Waals surface area contributed by atoms with Crippen molar-refractivity contribution in [1.29, 1.82) is 0 Å². The Morgan fingerprint density at radius 3 is 2.56 bits per heavy atom. The van der Waals surface area contributed by atoms with Crippen LogP contribution < -0.4 is 10.6 Å². The van der Waals surface area contributed by atoms with Crippen LogP contribution in [0, 0.1) is 17.8 Å². The number of nitrogens with one attached hydrogen (secondary N) is 2. The first kappa shape index (κ1) is 11.9. The molecule has 0 aromatic rings. The fraction of sp³-hybridized carbons (Fsp3) is 0.917. The smallest absolute Gasteiger partial charge is 0.234 e. The monoisotopic (exact) mass is 225 g/mol. The average molecular weight is 225 g/mol. The van der Waals surface area contributed by atoms with E-state index in [1.807, 2.05) is 0 Å². The Morgan fingerprint density at radius 2 is 2.00 bits per heavy atom. The number of likely N-dealkylation sites (tertiary alicyclic amines) is 1. The van der Waals surface area contributed by atoms with Gasteiger partial charge in [0.2, 0.25) is 5.91 Å². The van der Waals surface area contributed by atoms with Crippen LogP contribution in [-0.2, 0) is 4.79 Å². The van der Waals surface area contributed by atoms with Crippen LogP contribution in [-0.4, -0.2) is 50.1 Å². The van der Waals surface area contributed by atoms with Crippen LogP contribution in [0.5, 0.6) is 0 Å². The first-order valence-electron chi connectivity index (χ1n) is 6.35. The highest BCUT2D eigenvalue weighted by molar-refractivity contribution is 5.78. The summed E-state index contributed by atoms with van der Waals surface area (Å²) in [5.74, 6) is 2.27. The third-order valence-electron chi connectivity index (χ3n) is 3.54. The third kappa shape index (κ3) is 2.95. The number of fused-ring (bicyclic) bond motifs is 1. The zero-order valence-electron chi connectivity index (χ0n) is 10.3. The van der Waals surface area contributed by atoms with Crippen molar-refractivity contribution in [2.75, 3.05) is 39.3 Å². The minimum absolute atomic E-state index is 0.182. The summed E-state index contributed by atoms with van der Waals surface area (Å²) >= 11 is 0. The largest absolute Gasteiger partial charge is 0.355 e. The van der Waals surface area contributed by atoms with Gasteiger partial charge < -0.3 is 10.6 Å². The molecule has 2 rings (SSSR count). The summed E-state index contributed by atoms with van der Waals surface area (Å²) < 4.78 is 0. The second kappa shape index (κ2) is 5.15. The summed E-state index contributed by atoms with van der Waals surface area (Å²) in [6.07, 6.45) is 0. The van der Waals surface area contributed by atoms with Crippen molar-refractivity contribution in [1.82, 2.24) is 15.5 Å². The zero-order chi connectivity index (χ0) is 11.5. The minimum Gasteiger partial charge on any atom is -0.355 e. The molecule has 1 amide bonds. The van der Waals surface area contributed by atoms with Crippen molar-refractivity contribution in [3.8, 4) is 0 Å². The molecule has 4 heteroatoms. The molecule has 92 valence electrons. The number of carbonyl (C=O) groups excluding carboxylic acids is 1. The van der Waals surface area contributed by atoms with E-state index in [1.54, 1.807) is 0 Å². The molecule has 2 aliphatic rings. The van der Waals surface area contributed by atoms with Gasteiger partial charge in [0.25, 0.3) is 0 Å². The molecule has 0 spiro atoms. The molecular weight excluding hydrogens is 202 g/mol. The van der Waals surface area contributed by atoms with Crippen molar-refractivity contribution < 1.29 is 4.79 Å². The summed E-state index contributed by atoms with van der Waals surface area (Å²) in [5, 5.41) is 6.39. The summed E-state index contributed by atoms with van der Waals surface area (Å²) in [5.41, 5.74) is 0. The lowest BCUT2D eigenvalue weighted by Crippen LogP contribution is -2.38. The molecule has 0 aliphatic carbocycles. The van der Waals surface area contributed by atoms with Crippen molar-refractivity contribution in [2.45, 2.75) is 13.8 Å². The molecule has 2 N–H and O–H groups in total. The lowest BCUT2D eigenvalue weighted by atomic mass is 10.0. The van der Waals surface area contributed by atoms with Gasteiger partial charge in [0.05, 0.1) is 6.54 Å². The SMILES string of the molecule is CC(C)CNC(=O)CN1C[C@H]2CNC[C@H]2C1. The number of amides is 1. The number of nitrogens with zero attached hydrogens (tertiary/aromatic N) is 1. The van der Waals surface area contributed by atoms with E-state index < -0.39 is 0 Å². The van der Waals surface area contributed by atoms with E-state index in [1.165, 1.54) is 0 Å². The normalized spacial score (nSPS) is 29.7. The van der Waals surface area contributed by atoms with Crippen LogP contribution >= 0.6 is 0 Å². The molecule has 0 aromatic carbocycles. The maximum Gasteiger partial charge on any atom is 0.234 e. The molecule has 16 heavy (non-hydrogen) atoms. The van der Waals surface area contributed by atoms with Gasteiger partial charge in [-0.3, -0.25) is 9.69 Å². The number of hydrogen-bond donors (Lipinski definition) is 2. The first-order chi connectivity index (χ1) is 7.65. The summed E-state index contributed by atoms with van der Waals surface area (Å²) in [6.45, 7) is 10.1. The van der Waals surface area contributed by atoms with Gasteiger partial charge in [0.1, 0.15) is 0 Å². The standard InChI is InChI=1S/C12H23N3O/c1-9(2)3-14-12(16)8-15-6-10-4-13-5-11(10)7-15/h9-11,13H,3-8H2,1-2H3,(H,14,16)/t10-,11+. The molecule has 0 unspecified atom stereocenters. The molecule has 2 atom stereocenters. The Morgan fingerprint density at radius 1 is 1.38 bits per heavy atom. The van der Waals surface area contributed by atoms with Crippen LogP contribution in [0.4, 0.5) is 0 Å². The molecular formula is C12H23N3O. The zero-order valence-corrected chi connectivity index (χ0v) is 10.3. The van der Waals surface area contributed by atoms with Crippen molar-refractivity contribution in [2.24, 2.45) is 17.8 Å². The van der Waals surface area contributed by atoms with Crippen LogP contribution in [0.1, 0.15) is 13.8 Å². The maximum atomic E-state index is 11.7. The summed E-state index contributed by atoms with van der Waals surface area (Å²) in [7, 11) is 0. The van der Waals surface area contributed by atoms with E-state index in [0.29, 0.717) is 12.5 Å². The van der Waals surface area contributed by atoms with Crippen molar-refractivity contribution in [3.63, 3.8) is 0 Å². The quantitative estimate of drug-likeness (QED) is 0.703. The molecule has 2 saturated heterocycles. The van der Waals surface area contributed by atoms with E-state index >= 15 is 0 Å². The van der Waals surface area contributed by atoms with Crippen LogP contribution in [0.25, 0.3) is 0 Å². The second-order valence-corrected chi connectivity index (χ2v) is 5.57. The predicted octanol–water partition coefficient (Wildman–Crippen LogP) is -0.0902. The molecule has 0 aromatic heterocycles. The Kier molecular flexibility index (Phi) is 3.82. The lowest BCUT2D eigenvalue weighted by Gasteiger charge is -2.16. The van der Waals surface area contributed by atoms with Gasteiger partial charge in [-0.15, -0.1) is 0 Å². The average Bonchev–Trinajstić information content (AvgIpc) is 2.74. The Balaban J connectivity index is 1.68. The molecule has 4 nitrogen and oxygen atoms in total. The van der Waals surface area contributed by atoms with E-state index in [9.17, 15) is 4.79 Å². The summed E-state index contributed by atoms with van der Waals surface area (Å²) in [4.78, 5) is 14.0. The van der Waals surface area contributed by atoms with Gasteiger partial charge >= 0.3 is 0 Å². The number of rotatable bonds is 4. The van der Waals surface area contributed by atoms with Crippen molar-refractivity contribution in [3.05, 3.63) is 0 Å². The fourth-order valence-electron chi connectivity index (χ4n) is 2.66. The Labute approximate surface area is 97.8 Å². The number of hydrogen-bond acceptors (Lipinski definition) is 3. The van der Waals surface area contributed by atoms with E-state index in [0.717, 1.165) is 44.6 Å². The number of carbonyl (C=O) groups is 1. The highest BCUT2D eigenvalue weighted by Crippen LogP contribution is 2.25. The molecule has 0 radical (unpaired) electrons. The van der Waals surface area contributed by atoms with Gasteiger partial charge in [-0.1, -0.05) is 13.8 Å².